The first-order chi connectivity index (χ1) is 13.0. The van der Waals surface area contributed by atoms with Gasteiger partial charge >= 0.3 is 0 Å². The molecule has 27 heavy (non-hydrogen) atoms. The highest BCUT2D eigenvalue weighted by Gasteiger charge is 2.10. The van der Waals surface area contributed by atoms with Gasteiger partial charge in [-0.05, 0) is 38.1 Å². The van der Waals surface area contributed by atoms with Gasteiger partial charge in [0.25, 0.3) is 0 Å². The molecule has 0 fully saturated rings. The third-order valence-electron chi connectivity index (χ3n) is 3.70. The molecule has 0 bridgehead atoms. The topological polar surface area (TPSA) is 99.6 Å². The Kier molecular flexibility index (Phi) is 5.46. The number of para-hydroxylation sites is 2. The summed E-state index contributed by atoms with van der Waals surface area (Å²) in [6.07, 6.45) is 1.39. The highest BCUT2D eigenvalue weighted by molar-refractivity contribution is 7.07. The molecule has 0 atom stereocenters. The minimum absolute atomic E-state index is 0.268. The van der Waals surface area contributed by atoms with Crippen molar-refractivity contribution in [2.45, 2.75) is 13.8 Å². The molecule has 1 aromatic heterocycles. The lowest BCUT2D eigenvalue weighted by molar-refractivity contribution is 0.341. The van der Waals surface area contributed by atoms with Crippen LogP contribution in [0.4, 0.5) is 5.69 Å². The molecule has 0 aliphatic carbocycles. The summed E-state index contributed by atoms with van der Waals surface area (Å²) in [7, 11) is 0. The van der Waals surface area contributed by atoms with Gasteiger partial charge in [-0.15, -0.1) is 11.3 Å². The van der Waals surface area contributed by atoms with Gasteiger partial charge in [0.05, 0.1) is 18.5 Å². The third kappa shape index (κ3) is 3.95. The summed E-state index contributed by atoms with van der Waals surface area (Å²) in [5, 5.41) is 35.2. The molecule has 0 aliphatic heterocycles. The Balaban J connectivity index is 2.03. The number of phenols is 3. The zero-order valence-corrected chi connectivity index (χ0v) is 15.6. The Morgan fingerprint density at radius 2 is 1.89 bits per heavy atom. The average Bonchev–Trinajstić information content (AvgIpc) is 3.01. The molecule has 2 aromatic carbocycles. The molecule has 0 aliphatic rings. The standard InChI is InChI=1S/C19H19N3O4S/c1-3-26-16-7-5-4-6-14(16)21-19-22(12(2)11-27-19)20-10-13-8-9-15(23)18(25)17(13)24/h4-11,23-25H,3H2,1-2H3/b20-10+,21-19?. The molecule has 0 amide bonds. The average molecular weight is 385 g/mol. The molecule has 140 valence electrons. The van der Waals surface area contributed by atoms with Crippen molar-refractivity contribution in [2.75, 3.05) is 6.61 Å². The molecule has 7 nitrogen and oxygen atoms in total. The second-order valence-corrected chi connectivity index (χ2v) is 6.44. The van der Waals surface area contributed by atoms with Gasteiger partial charge in [-0.2, -0.15) is 5.10 Å². The van der Waals surface area contributed by atoms with E-state index in [4.69, 9.17) is 4.74 Å². The van der Waals surface area contributed by atoms with Gasteiger partial charge in [0.1, 0.15) is 11.4 Å². The molecular formula is C19H19N3O4S. The predicted octanol–water partition coefficient (Wildman–Crippen LogP) is 3.49. The Hall–Kier alpha value is -3.26. The Morgan fingerprint density at radius 1 is 1.11 bits per heavy atom. The molecule has 3 rings (SSSR count). The molecule has 0 radical (unpaired) electrons. The van der Waals surface area contributed by atoms with Crippen LogP contribution in [0.5, 0.6) is 23.0 Å². The number of rotatable bonds is 5. The van der Waals surface area contributed by atoms with Crippen LogP contribution in [0.15, 0.2) is 51.9 Å². The molecule has 0 saturated heterocycles. The van der Waals surface area contributed by atoms with Gasteiger partial charge < -0.3 is 20.1 Å². The monoisotopic (exact) mass is 385 g/mol. The number of hydrogen-bond donors (Lipinski definition) is 3. The van der Waals surface area contributed by atoms with E-state index in [2.05, 4.69) is 10.1 Å². The van der Waals surface area contributed by atoms with Crippen LogP contribution in [-0.2, 0) is 0 Å². The first-order valence-electron chi connectivity index (χ1n) is 8.23. The number of ether oxygens (including phenoxy) is 1. The Bertz CT molecular complexity index is 1050. The first-order valence-corrected chi connectivity index (χ1v) is 9.11. The second-order valence-electron chi connectivity index (χ2n) is 5.60. The van der Waals surface area contributed by atoms with E-state index in [1.54, 1.807) is 4.68 Å². The maximum absolute atomic E-state index is 9.93. The molecule has 3 aromatic rings. The minimum atomic E-state index is -0.582. The maximum atomic E-state index is 9.93. The fourth-order valence-corrected chi connectivity index (χ4v) is 3.16. The minimum Gasteiger partial charge on any atom is -0.504 e. The fraction of sp³-hybridized carbons (Fsp3) is 0.158. The van der Waals surface area contributed by atoms with Crippen molar-refractivity contribution in [2.24, 2.45) is 10.1 Å². The first kappa shape index (κ1) is 18.5. The van der Waals surface area contributed by atoms with E-state index in [1.165, 1.54) is 29.7 Å². The maximum Gasteiger partial charge on any atom is 0.211 e. The zero-order chi connectivity index (χ0) is 19.4. The number of benzene rings is 2. The molecule has 1 heterocycles. The number of aromatic hydroxyl groups is 3. The van der Waals surface area contributed by atoms with E-state index in [-0.39, 0.29) is 5.56 Å². The Morgan fingerprint density at radius 3 is 2.67 bits per heavy atom. The highest BCUT2D eigenvalue weighted by atomic mass is 32.1. The highest BCUT2D eigenvalue weighted by Crippen LogP contribution is 2.36. The van der Waals surface area contributed by atoms with E-state index in [0.29, 0.717) is 22.8 Å². The third-order valence-corrected chi connectivity index (χ3v) is 4.64. The fourth-order valence-electron chi connectivity index (χ4n) is 2.34. The SMILES string of the molecule is CCOc1ccccc1N=c1scc(C)n1/N=C/c1ccc(O)c(O)c1O. The summed E-state index contributed by atoms with van der Waals surface area (Å²) in [4.78, 5) is 5.26. The van der Waals surface area contributed by atoms with Gasteiger partial charge in [-0.3, -0.25) is 0 Å². The van der Waals surface area contributed by atoms with E-state index < -0.39 is 17.2 Å². The summed E-state index contributed by atoms with van der Waals surface area (Å²) in [6.45, 7) is 4.34. The van der Waals surface area contributed by atoms with Crippen molar-refractivity contribution in [3.63, 3.8) is 0 Å². The van der Waals surface area contributed by atoms with Crippen LogP contribution in [0.1, 0.15) is 18.2 Å². The summed E-state index contributed by atoms with van der Waals surface area (Å²) in [6, 6.07) is 10.2. The van der Waals surface area contributed by atoms with E-state index in [0.717, 1.165) is 5.69 Å². The molecule has 0 spiro atoms. The summed E-state index contributed by atoms with van der Waals surface area (Å²) in [5.41, 5.74) is 1.81. The van der Waals surface area contributed by atoms with Crippen LogP contribution in [0.2, 0.25) is 0 Å². The second kappa shape index (κ2) is 7.96. The van der Waals surface area contributed by atoms with Gasteiger partial charge in [-0.1, -0.05) is 12.1 Å². The van der Waals surface area contributed by atoms with Crippen molar-refractivity contribution >= 4 is 23.2 Å². The lowest BCUT2D eigenvalue weighted by Crippen LogP contribution is -2.11. The van der Waals surface area contributed by atoms with Crippen LogP contribution in [0.3, 0.4) is 0 Å². The van der Waals surface area contributed by atoms with E-state index in [1.807, 2.05) is 43.5 Å². The van der Waals surface area contributed by atoms with Crippen LogP contribution >= 0.6 is 11.3 Å². The van der Waals surface area contributed by atoms with Crippen molar-refractivity contribution in [3.8, 4) is 23.0 Å². The smallest absolute Gasteiger partial charge is 0.211 e. The number of nitrogens with zero attached hydrogens (tertiary/aromatic N) is 3. The van der Waals surface area contributed by atoms with Crippen LogP contribution in [-0.4, -0.2) is 32.8 Å². The van der Waals surface area contributed by atoms with Crippen LogP contribution in [0.25, 0.3) is 0 Å². The lowest BCUT2D eigenvalue weighted by atomic mass is 10.2. The molecular weight excluding hydrogens is 366 g/mol. The number of aryl methyl sites for hydroxylation is 1. The van der Waals surface area contributed by atoms with Crippen molar-refractivity contribution in [1.82, 2.24) is 4.68 Å². The van der Waals surface area contributed by atoms with Crippen molar-refractivity contribution in [1.29, 1.82) is 0 Å². The molecule has 0 saturated carbocycles. The predicted molar refractivity (Wildman–Crippen MR) is 104 cm³/mol. The van der Waals surface area contributed by atoms with Gasteiger partial charge in [0.15, 0.2) is 11.5 Å². The Labute approximate surface area is 159 Å². The summed E-state index contributed by atoms with van der Waals surface area (Å²) >= 11 is 1.42. The zero-order valence-electron chi connectivity index (χ0n) is 14.8. The lowest BCUT2D eigenvalue weighted by Gasteiger charge is -2.06. The summed E-state index contributed by atoms with van der Waals surface area (Å²) < 4.78 is 7.23. The van der Waals surface area contributed by atoms with Crippen molar-refractivity contribution in [3.05, 3.63) is 57.8 Å². The van der Waals surface area contributed by atoms with E-state index in [9.17, 15) is 15.3 Å². The molecule has 3 N–H and O–H groups in total. The molecule has 8 heteroatoms. The summed E-state index contributed by atoms with van der Waals surface area (Å²) in [5.74, 6) is -0.733. The largest absolute Gasteiger partial charge is 0.504 e. The number of aromatic nitrogens is 1. The van der Waals surface area contributed by atoms with Crippen molar-refractivity contribution < 1.29 is 20.1 Å². The number of phenolic OH excluding ortho intramolecular Hbond substituents is 3. The van der Waals surface area contributed by atoms with Crippen LogP contribution in [0, 0.1) is 6.92 Å². The van der Waals surface area contributed by atoms with Gasteiger partial charge in [0.2, 0.25) is 10.6 Å². The number of thiazole rings is 1. The van der Waals surface area contributed by atoms with Crippen LogP contribution < -0.4 is 9.54 Å². The quantitative estimate of drug-likeness (QED) is 0.462. The number of hydrogen-bond acceptors (Lipinski definition) is 7. The molecule has 0 unspecified atom stereocenters. The van der Waals surface area contributed by atoms with Gasteiger partial charge in [-0.25, -0.2) is 9.67 Å². The normalized spacial score (nSPS) is 12.0. The van der Waals surface area contributed by atoms with Gasteiger partial charge in [0, 0.05) is 10.9 Å². The van der Waals surface area contributed by atoms with E-state index >= 15 is 0 Å².